The van der Waals surface area contributed by atoms with Crippen LogP contribution >= 0.6 is 22.7 Å². The van der Waals surface area contributed by atoms with E-state index in [1.54, 1.807) is 34.8 Å². The average Bonchev–Trinajstić information content (AvgIpc) is 3.67. The van der Waals surface area contributed by atoms with Crippen molar-refractivity contribution in [2.24, 2.45) is 0 Å². The Hall–Kier alpha value is -3.38. The van der Waals surface area contributed by atoms with Gasteiger partial charge < -0.3 is 19.6 Å². The van der Waals surface area contributed by atoms with Gasteiger partial charge in [0.2, 0.25) is 11.8 Å². The molecule has 0 spiro atoms. The second-order valence-corrected chi connectivity index (χ2v) is 14.2. The number of nitrogens with zero attached hydrogens (tertiary/aromatic N) is 6. The maximum Gasteiger partial charge on any atom is 0.222 e. The number of amides is 2. The molecule has 12 heteroatoms. The lowest BCUT2D eigenvalue weighted by molar-refractivity contribution is -0.132. The Labute approximate surface area is 270 Å². The number of hydrogen-bond acceptors (Lipinski definition) is 8. The molecule has 2 amide bonds. The van der Waals surface area contributed by atoms with Crippen LogP contribution in [0.5, 0.6) is 0 Å². The van der Waals surface area contributed by atoms with Crippen LogP contribution in [0, 0.1) is 11.6 Å². The molecule has 4 heterocycles. The molecule has 0 radical (unpaired) electrons. The first-order chi connectivity index (χ1) is 21.7. The van der Waals surface area contributed by atoms with Crippen molar-refractivity contribution in [2.45, 2.75) is 69.9 Å². The molecule has 45 heavy (non-hydrogen) atoms. The van der Waals surface area contributed by atoms with Crippen molar-refractivity contribution in [3.63, 3.8) is 0 Å². The SMILES string of the molecule is CN(c1nc2cc(F)ccc2s1)C1CCN(C(=O)CCCCCC(=O)N2CCC(N(C)c3nc4cc(F)ccc4s3)CC2)CC1. The monoisotopic (exact) mass is 654 g/mol. The number of halogens is 2. The van der Waals surface area contributed by atoms with Crippen LogP contribution in [-0.2, 0) is 9.59 Å². The van der Waals surface area contributed by atoms with E-state index in [0.717, 1.165) is 90.8 Å². The molecule has 240 valence electrons. The normalized spacial score (nSPS) is 16.5. The van der Waals surface area contributed by atoms with Crippen molar-refractivity contribution in [3.05, 3.63) is 48.0 Å². The van der Waals surface area contributed by atoms with Crippen molar-refractivity contribution in [1.82, 2.24) is 19.8 Å². The number of aromatic nitrogens is 2. The van der Waals surface area contributed by atoms with Gasteiger partial charge in [-0.1, -0.05) is 29.1 Å². The van der Waals surface area contributed by atoms with Crippen molar-refractivity contribution in [3.8, 4) is 0 Å². The zero-order chi connectivity index (χ0) is 31.5. The molecule has 2 aromatic carbocycles. The third kappa shape index (κ3) is 7.38. The van der Waals surface area contributed by atoms with Crippen LogP contribution < -0.4 is 9.80 Å². The highest BCUT2D eigenvalue weighted by atomic mass is 32.1. The maximum atomic E-state index is 13.6. The molecule has 8 nitrogen and oxygen atoms in total. The largest absolute Gasteiger partial charge is 0.348 e. The average molecular weight is 655 g/mol. The number of hydrogen-bond donors (Lipinski definition) is 0. The summed E-state index contributed by atoms with van der Waals surface area (Å²) in [6.07, 6.45) is 7.04. The van der Waals surface area contributed by atoms with E-state index in [0.29, 0.717) is 36.0 Å². The smallest absolute Gasteiger partial charge is 0.222 e. The van der Waals surface area contributed by atoms with Gasteiger partial charge >= 0.3 is 0 Å². The molecule has 2 saturated heterocycles. The van der Waals surface area contributed by atoms with E-state index in [4.69, 9.17) is 0 Å². The van der Waals surface area contributed by atoms with E-state index in [1.165, 1.54) is 24.3 Å². The van der Waals surface area contributed by atoms with Crippen molar-refractivity contribution >= 4 is 65.2 Å². The predicted octanol–water partition coefficient (Wildman–Crippen LogP) is 6.69. The van der Waals surface area contributed by atoms with Crippen LogP contribution in [-0.4, -0.2) is 83.9 Å². The Balaban J connectivity index is 0.858. The summed E-state index contributed by atoms with van der Waals surface area (Å²) in [5, 5.41) is 1.77. The fraction of sp³-hybridized carbons (Fsp3) is 0.515. The number of likely N-dealkylation sites (tertiary alicyclic amines) is 2. The minimum Gasteiger partial charge on any atom is -0.348 e. The Morgan fingerprint density at radius 2 is 1.11 bits per heavy atom. The van der Waals surface area contributed by atoms with E-state index in [-0.39, 0.29) is 23.4 Å². The lowest BCUT2D eigenvalue weighted by Gasteiger charge is -2.37. The number of benzene rings is 2. The number of carbonyl (C=O) groups is 2. The molecule has 0 unspecified atom stereocenters. The summed E-state index contributed by atoms with van der Waals surface area (Å²) in [7, 11) is 4.07. The van der Waals surface area contributed by atoms with Gasteiger partial charge in [-0.05, 0) is 62.8 Å². The molecule has 0 N–H and O–H groups in total. The second kappa shape index (κ2) is 13.9. The van der Waals surface area contributed by atoms with Gasteiger partial charge in [0.05, 0.1) is 20.4 Å². The fourth-order valence-corrected chi connectivity index (χ4v) is 8.40. The summed E-state index contributed by atoms with van der Waals surface area (Å²) in [5.74, 6) is -0.156. The Bertz CT molecular complexity index is 1520. The molecule has 2 fully saturated rings. The van der Waals surface area contributed by atoms with Crippen molar-refractivity contribution in [1.29, 1.82) is 0 Å². The van der Waals surface area contributed by atoms with E-state index in [1.807, 2.05) is 23.9 Å². The third-order valence-corrected chi connectivity index (χ3v) is 11.5. The highest BCUT2D eigenvalue weighted by Gasteiger charge is 2.28. The number of anilines is 2. The summed E-state index contributed by atoms with van der Waals surface area (Å²) in [6.45, 7) is 2.92. The van der Waals surface area contributed by atoms with Gasteiger partial charge in [-0.3, -0.25) is 9.59 Å². The first-order valence-electron chi connectivity index (χ1n) is 15.9. The predicted molar refractivity (Wildman–Crippen MR) is 178 cm³/mol. The second-order valence-electron chi connectivity index (χ2n) is 12.2. The number of rotatable bonds is 10. The summed E-state index contributed by atoms with van der Waals surface area (Å²) in [6, 6.07) is 10.0. The van der Waals surface area contributed by atoms with Gasteiger partial charge in [0.1, 0.15) is 11.6 Å². The lowest BCUT2D eigenvalue weighted by Crippen LogP contribution is -2.45. The van der Waals surface area contributed by atoms with Gasteiger partial charge in [0.25, 0.3) is 0 Å². The zero-order valence-corrected chi connectivity index (χ0v) is 27.5. The van der Waals surface area contributed by atoms with Crippen molar-refractivity contribution in [2.75, 3.05) is 50.1 Å². The van der Waals surface area contributed by atoms with Gasteiger partial charge in [0, 0.05) is 77.3 Å². The number of piperidine rings is 2. The molecule has 0 bridgehead atoms. The molecule has 6 rings (SSSR count). The summed E-state index contributed by atoms with van der Waals surface area (Å²) >= 11 is 3.14. The molecule has 0 aliphatic carbocycles. The van der Waals surface area contributed by atoms with Crippen LogP contribution in [0.4, 0.5) is 19.0 Å². The first-order valence-corrected chi connectivity index (χ1v) is 17.5. The number of unbranched alkanes of at least 4 members (excludes halogenated alkanes) is 2. The number of thiazole rings is 2. The quantitative estimate of drug-likeness (QED) is 0.178. The van der Waals surface area contributed by atoms with Crippen LogP contribution in [0.1, 0.15) is 57.8 Å². The summed E-state index contributed by atoms with van der Waals surface area (Å²) < 4.78 is 29.1. The van der Waals surface area contributed by atoms with Gasteiger partial charge in [-0.15, -0.1) is 0 Å². The molecular formula is C33H40F2N6O2S2. The highest BCUT2D eigenvalue weighted by molar-refractivity contribution is 7.22. The third-order valence-electron chi connectivity index (χ3n) is 9.29. The van der Waals surface area contributed by atoms with Crippen LogP contribution in [0.2, 0.25) is 0 Å². The van der Waals surface area contributed by atoms with E-state index >= 15 is 0 Å². The highest BCUT2D eigenvalue weighted by Crippen LogP contribution is 2.33. The fourth-order valence-electron chi connectivity index (χ4n) is 6.44. The number of fused-ring (bicyclic) bond motifs is 2. The molecule has 4 aromatic rings. The summed E-state index contributed by atoms with van der Waals surface area (Å²) in [4.78, 5) is 43.2. The van der Waals surface area contributed by atoms with E-state index < -0.39 is 0 Å². The standard InChI is InChI=1S/C33H40F2N6O2S2/c1-38(32-36-26-20-22(34)8-10-28(26)44-32)24-12-16-40(17-13-24)30(42)6-4-3-5-7-31(43)41-18-14-25(15-19-41)39(2)33-37-27-21-23(35)9-11-29(27)45-33/h8-11,20-21,24-25H,3-7,12-19H2,1-2H3. The molecular weight excluding hydrogens is 615 g/mol. The Kier molecular flexibility index (Phi) is 9.79. The Morgan fingerprint density at radius 1 is 0.711 bits per heavy atom. The maximum absolute atomic E-state index is 13.6. The van der Waals surface area contributed by atoms with Crippen molar-refractivity contribution < 1.29 is 18.4 Å². The molecule has 2 aliphatic rings. The minimum absolute atomic E-state index is 0.197. The van der Waals surface area contributed by atoms with Crippen LogP contribution in [0.15, 0.2) is 36.4 Å². The zero-order valence-electron chi connectivity index (χ0n) is 25.9. The summed E-state index contributed by atoms with van der Waals surface area (Å²) in [5.41, 5.74) is 1.37. The van der Waals surface area contributed by atoms with Crippen LogP contribution in [0.3, 0.4) is 0 Å². The molecule has 2 aromatic heterocycles. The minimum atomic E-state index is -0.275. The molecule has 2 aliphatic heterocycles. The first kappa shape index (κ1) is 31.6. The number of carbonyl (C=O) groups excluding carboxylic acids is 2. The Morgan fingerprint density at radius 3 is 1.51 bits per heavy atom. The van der Waals surface area contributed by atoms with Crippen LogP contribution in [0.25, 0.3) is 20.4 Å². The van der Waals surface area contributed by atoms with Gasteiger partial charge in [-0.25, -0.2) is 18.7 Å². The van der Waals surface area contributed by atoms with E-state index in [2.05, 4.69) is 19.8 Å². The lowest BCUT2D eigenvalue weighted by atomic mass is 10.0. The van der Waals surface area contributed by atoms with Gasteiger partial charge in [-0.2, -0.15) is 0 Å². The molecule has 0 saturated carbocycles. The topological polar surface area (TPSA) is 72.9 Å². The van der Waals surface area contributed by atoms with Gasteiger partial charge in [0.15, 0.2) is 10.3 Å². The molecule has 0 atom stereocenters. The van der Waals surface area contributed by atoms with E-state index in [9.17, 15) is 18.4 Å².